The van der Waals surface area contributed by atoms with Gasteiger partial charge >= 0.3 is 5.97 Å². The molecule has 2 N–H and O–H groups in total. The van der Waals surface area contributed by atoms with Crippen LogP contribution in [0.4, 0.5) is 0 Å². The first-order valence-electron chi connectivity index (χ1n) is 6.26. The molecule has 0 aliphatic carbocycles. The fourth-order valence-corrected chi connectivity index (χ4v) is 1.84. The minimum Gasteiger partial charge on any atom is -0.478 e. The van der Waals surface area contributed by atoms with Crippen molar-refractivity contribution >= 4 is 11.9 Å². The number of carboxylic acid groups (broad SMARTS) is 1. The Morgan fingerprint density at radius 3 is 2.60 bits per heavy atom. The highest BCUT2D eigenvalue weighted by Gasteiger charge is 2.14. The first-order valence-corrected chi connectivity index (χ1v) is 6.26. The molecular formula is C14H15N3O3. The number of rotatable bonds is 6. The van der Waals surface area contributed by atoms with E-state index in [0.717, 1.165) is 6.42 Å². The van der Waals surface area contributed by atoms with Crippen LogP contribution in [0.25, 0.3) is 0 Å². The van der Waals surface area contributed by atoms with Gasteiger partial charge in [-0.15, -0.1) is 0 Å². The lowest BCUT2D eigenvalue weighted by Crippen LogP contribution is -2.27. The molecule has 2 aromatic rings. The second kappa shape index (κ2) is 6.51. The van der Waals surface area contributed by atoms with Crippen LogP contribution >= 0.6 is 0 Å². The van der Waals surface area contributed by atoms with Crippen LogP contribution in [0.15, 0.2) is 42.7 Å². The van der Waals surface area contributed by atoms with Crippen LogP contribution in [0.5, 0.6) is 0 Å². The number of carbonyl (C=O) groups is 2. The molecule has 0 spiro atoms. The maximum Gasteiger partial charge on any atom is 0.336 e. The number of aromatic nitrogens is 2. The second-order valence-electron chi connectivity index (χ2n) is 4.23. The van der Waals surface area contributed by atoms with Crippen molar-refractivity contribution in [2.75, 3.05) is 6.54 Å². The highest BCUT2D eigenvalue weighted by atomic mass is 16.4. The summed E-state index contributed by atoms with van der Waals surface area (Å²) in [6.07, 6.45) is 4.27. The molecule has 1 aromatic heterocycles. The number of benzene rings is 1. The normalized spacial score (nSPS) is 10.2. The fourth-order valence-electron chi connectivity index (χ4n) is 1.84. The summed E-state index contributed by atoms with van der Waals surface area (Å²) in [5, 5.41) is 15.8. The number of aromatic carboxylic acids is 1. The Balaban J connectivity index is 1.87. The van der Waals surface area contributed by atoms with Crippen LogP contribution in [-0.4, -0.2) is 33.3 Å². The Bertz CT molecular complexity index is 593. The molecule has 0 aliphatic rings. The highest BCUT2D eigenvalue weighted by Crippen LogP contribution is 2.08. The van der Waals surface area contributed by atoms with Gasteiger partial charge in [0.1, 0.15) is 0 Å². The number of carboxylic acids is 1. The summed E-state index contributed by atoms with van der Waals surface area (Å²) in [5.41, 5.74) is 0.191. The minimum absolute atomic E-state index is 0.0112. The largest absolute Gasteiger partial charge is 0.478 e. The van der Waals surface area contributed by atoms with Gasteiger partial charge in [0.2, 0.25) is 0 Å². The molecule has 2 rings (SSSR count). The van der Waals surface area contributed by atoms with Gasteiger partial charge in [0.25, 0.3) is 5.91 Å². The van der Waals surface area contributed by atoms with Crippen molar-refractivity contribution in [3.8, 4) is 0 Å². The number of aryl methyl sites for hydroxylation is 1. The van der Waals surface area contributed by atoms with E-state index in [4.69, 9.17) is 5.11 Å². The molecule has 0 fully saturated rings. The number of amides is 1. The van der Waals surface area contributed by atoms with Gasteiger partial charge in [0.15, 0.2) is 0 Å². The van der Waals surface area contributed by atoms with Crippen LogP contribution in [0.3, 0.4) is 0 Å². The number of hydrogen-bond donors (Lipinski definition) is 2. The zero-order valence-electron chi connectivity index (χ0n) is 10.8. The first-order chi connectivity index (χ1) is 9.68. The van der Waals surface area contributed by atoms with Gasteiger partial charge in [-0.25, -0.2) is 4.79 Å². The van der Waals surface area contributed by atoms with Crippen molar-refractivity contribution in [1.29, 1.82) is 0 Å². The first kappa shape index (κ1) is 13.8. The topological polar surface area (TPSA) is 84.2 Å². The molecular weight excluding hydrogens is 258 g/mol. The quantitative estimate of drug-likeness (QED) is 0.779. The molecule has 0 aliphatic heterocycles. The Hall–Kier alpha value is -2.63. The molecule has 1 amide bonds. The summed E-state index contributed by atoms with van der Waals surface area (Å²) < 4.78 is 1.78. The van der Waals surface area contributed by atoms with E-state index in [-0.39, 0.29) is 17.0 Å². The summed E-state index contributed by atoms with van der Waals surface area (Å²) >= 11 is 0. The van der Waals surface area contributed by atoms with Crippen LogP contribution in [0.2, 0.25) is 0 Å². The van der Waals surface area contributed by atoms with Crippen molar-refractivity contribution in [2.24, 2.45) is 0 Å². The van der Waals surface area contributed by atoms with Gasteiger partial charge in [-0.2, -0.15) is 5.10 Å². The summed E-state index contributed by atoms with van der Waals surface area (Å²) in [6.45, 7) is 1.17. The summed E-state index contributed by atoms with van der Waals surface area (Å²) in [5.74, 6) is -1.48. The third kappa shape index (κ3) is 3.44. The molecule has 0 bridgehead atoms. The Kier molecular flexibility index (Phi) is 4.49. The molecule has 0 radical (unpaired) electrons. The average molecular weight is 273 g/mol. The smallest absolute Gasteiger partial charge is 0.336 e. The fraction of sp³-hybridized carbons (Fsp3) is 0.214. The van der Waals surface area contributed by atoms with Crippen LogP contribution in [0.1, 0.15) is 27.1 Å². The van der Waals surface area contributed by atoms with E-state index in [1.165, 1.54) is 12.1 Å². The highest BCUT2D eigenvalue weighted by molar-refractivity contribution is 6.04. The molecule has 104 valence electrons. The van der Waals surface area contributed by atoms with Gasteiger partial charge in [0.05, 0.1) is 11.1 Å². The van der Waals surface area contributed by atoms with Gasteiger partial charge in [-0.05, 0) is 24.6 Å². The monoisotopic (exact) mass is 273 g/mol. The number of nitrogens with zero attached hydrogens (tertiary/aromatic N) is 2. The maximum atomic E-state index is 11.9. The summed E-state index contributed by atoms with van der Waals surface area (Å²) in [4.78, 5) is 23.0. The second-order valence-corrected chi connectivity index (χ2v) is 4.23. The van der Waals surface area contributed by atoms with E-state index < -0.39 is 5.97 Å². The maximum absolute atomic E-state index is 11.9. The number of hydrogen-bond acceptors (Lipinski definition) is 3. The van der Waals surface area contributed by atoms with E-state index in [1.807, 2.05) is 12.3 Å². The van der Waals surface area contributed by atoms with Gasteiger partial charge < -0.3 is 10.4 Å². The van der Waals surface area contributed by atoms with Crippen LogP contribution in [0, 0.1) is 0 Å². The molecule has 1 heterocycles. The van der Waals surface area contributed by atoms with Crippen LogP contribution < -0.4 is 5.32 Å². The number of nitrogens with one attached hydrogen (secondary N) is 1. The van der Waals surface area contributed by atoms with E-state index in [9.17, 15) is 9.59 Å². The molecule has 0 saturated carbocycles. The predicted molar refractivity (Wildman–Crippen MR) is 72.6 cm³/mol. The zero-order valence-corrected chi connectivity index (χ0v) is 10.8. The summed E-state index contributed by atoms with van der Waals surface area (Å²) in [7, 11) is 0. The number of carbonyl (C=O) groups excluding carboxylic acids is 1. The van der Waals surface area contributed by atoms with Crippen molar-refractivity contribution < 1.29 is 14.7 Å². The van der Waals surface area contributed by atoms with E-state index in [0.29, 0.717) is 13.1 Å². The van der Waals surface area contributed by atoms with Gasteiger partial charge in [-0.1, -0.05) is 12.1 Å². The average Bonchev–Trinajstić information content (AvgIpc) is 2.96. The van der Waals surface area contributed by atoms with Gasteiger partial charge in [0, 0.05) is 25.5 Å². The zero-order chi connectivity index (χ0) is 14.4. The lowest BCUT2D eigenvalue weighted by molar-refractivity contribution is 0.0691. The predicted octanol–water partition coefficient (Wildman–Crippen LogP) is 1.40. The van der Waals surface area contributed by atoms with Gasteiger partial charge in [-0.3, -0.25) is 9.48 Å². The third-order valence-corrected chi connectivity index (χ3v) is 2.81. The van der Waals surface area contributed by atoms with E-state index in [2.05, 4.69) is 10.4 Å². The molecule has 0 saturated heterocycles. The van der Waals surface area contributed by atoms with E-state index >= 15 is 0 Å². The molecule has 20 heavy (non-hydrogen) atoms. The Morgan fingerprint density at radius 1 is 1.20 bits per heavy atom. The van der Waals surface area contributed by atoms with E-state index in [1.54, 1.807) is 23.0 Å². The summed E-state index contributed by atoms with van der Waals surface area (Å²) in [6, 6.07) is 8.00. The SMILES string of the molecule is O=C(O)c1ccccc1C(=O)NCCCn1cccn1. The van der Waals surface area contributed by atoms with Crippen molar-refractivity contribution in [2.45, 2.75) is 13.0 Å². The standard InChI is InChI=1S/C14H15N3O3/c18-13(11-5-1-2-6-12(11)14(19)20)15-7-3-9-17-10-4-8-16-17/h1-2,4-6,8,10H,3,7,9H2,(H,15,18)(H,19,20). The van der Waals surface area contributed by atoms with Crippen molar-refractivity contribution in [3.05, 3.63) is 53.9 Å². The Labute approximate surface area is 116 Å². The lowest BCUT2D eigenvalue weighted by Gasteiger charge is -2.07. The molecule has 6 nitrogen and oxygen atoms in total. The lowest BCUT2D eigenvalue weighted by atomic mass is 10.1. The van der Waals surface area contributed by atoms with Crippen molar-refractivity contribution in [1.82, 2.24) is 15.1 Å². The molecule has 0 unspecified atom stereocenters. The van der Waals surface area contributed by atoms with Crippen LogP contribution in [-0.2, 0) is 6.54 Å². The van der Waals surface area contributed by atoms with Crippen molar-refractivity contribution in [3.63, 3.8) is 0 Å². The molecule has 6 heteroatoms. The third-order valence-electron chi connectivity index (χ3n) is 2.81. The minimum atomic E-state index is -1.10. The Morgan fingerprint density at radius 2 is 1.95 bits per heavy atom. The molecule has 0 atom stereocenters. The molecule has 1 aromatic carbocycles.